The molecule has 1 unspecified atom stereocenters. The highest BCUT2D eigenvalue weighted by Gasteiger charge is 2.20. The molecule has 1 aliphatic carbocycles. The van der Waals surface area contributed by atoms with Crippen molar-refractivity contribution in [1.29, 1.82) is 0 Å². The second-order valence-corrected chi connectivity index (χ2v) is 4.49. The molecule has 0 heterocycles. The van der Waals surface area contributed by atoms with Crippen LogP contribution in [0.15, 0.2) is 24.3 Å². The molecule has 2 heteroatoms. The van der Waals surface area contributed by atoms with E-state index in [0.717, 1.165) is 11.5 Å². The molecule has 1 aromatic rings. The average molecular weight is 218 g/mol. The zero-order valence-electron chi connectivity index (χ0n) is 9.90. The number of rotatable bonds is 4. The third kappa shape index (κ3) is 2.17. The lowest BCUT2D eigenvalue weighted by Crippen LogP contribution is -2.19. The number of benzene rings is 1. The second kappa shape index (κ2) is 4.79. The van der Waals surface area contributed by atoms with Crippen molar-refractivity contribution in [3.8, 4) is 0 Å². The minimum atomic E-state index is -0.352. The molecule has 0 saturated heterocycles. The maximum absolute atomic E-state index is 11.8. The van der Waals surface area contributed by atoms with Crippen molar-refractivity contribution in [1.82, 2.24) is 0 Å². The fourth-order valence-corrected chi connectivity index (χ4v) is 2.00. The lowest BCUT2D eigenvalue weighted by Gasteiger charge is -2.25. The van der Waals surface area contributed by atoms with Gasteiger partial charge in [0, 0.05) is 12.7 Å². The minimum absolute atomic E-state index is 0.0580. The highest BCUT2D eigenvalue weighted by atomic mass is 16.5. The molecule has 1 fully saturated rings. The van der Waals surface area contributed by atoms with Crippen molar-refractivity contribution in [3.05, 3.63) is 35.4 Å². The van der Waals surface area contributed by atoms with E-state index in [1.165, 1.54) is 24.8 Å². The van der Waals surface area contributed by atoms with Crippen LogP contribution in [0.25, 0.3) is 0 Å². The van der Waals surface area contributed by atoms with E-state index in [1.807, 2.05) is 12.1 Å². The largest absolute Gasteiger partial charge is 0.374 e. The van der Waals surface area contributed by atoms with E-state index in [9.17, 15) is 4.79 Å². The Bertz CT molecular complexity index is 363. The van der Waals surface area contributed by atoms with Crippen LogP contribution < -0.4 is 0 Å². The van der Waals surface area contributed by atoms with Crippen LogP contribution in [0.1, 0.15) is 48.0 Å². The summed E-state index contributed by atoms with van der Waals surface area (Å²) in [6, 6.07) is 8.01. The number of hydrogen-bond acceptors (Lipinski definition) is 2. The molecule has 0 amide bonds. The molecule has 2 nitrogen and oxygen atoms in total. The smallest absolute Gasteiger partial charge is 0.191 e. The first-order valence-corrected chi connectivity index (χ1v) is 5.89. The standard InChI is InChI=1S/C14H18O2/c1-10(16-2)14(15)13-8-6-12(7-9-13)11-4-3-5-11/h6-11H,3-5H2,1-2H3. The fraction of sp³-hybridized carbons (Fsp3) is 0.500. The molecule has 16 heavy (non-hydrogen) atoms. The molecule has 1 aromatic carbocycles. The summed E-state index contributed by atoms with van der Waals surface area (Å²) in [5, 5.41) is 0. The second-order valence-electron chi connectivity index (χ2n) is 4.49. The molecule has 0 aromatic heterocycles. The fourth-order valence-electron chi connectivity index (χ4n) is 2.00. The number of Topliss-reactive ketones (excluding diaryl/α,β-unsaturated/α-hetero) is 1. The molecule has 2 rings (SSSR count). The molecule has 1 saturated carbocycles. The Labute approximate surface area is 96.6 Å². The van der Waals surface area contributed by atoms with Gasteiger partial charge in [-0.15, -0.1) is 0 Å². The van der Waals surface area contributed by atoms with Gasteiger partial charge in [-0.1, -0.05) is 30.7 Å². The highest BCUT2D eigenvalue weighted by molar-refractivity contribution is 5.99. The third-order valence-electron chi connectivity index (χ3n) is 3.49. The third-order valence-corrected chi connectivity index (χ3v) is 3.49. The lowest BCUT2D eigenvalue weighted by molar-refractivity contribution is 0.0655. The monoisotopic (exact) mass is 218 g/mol. The first kappa shape index (κ1) is 11.3. The molecule has 1 atom stereocenters. The Morgan fingerprint density at radius 3 is 2.38 bits per heavy atom. The highest BCUT2D eigenvalue weighted by Crippen LogP contribution is 2.36. The summed E-state index contributed by atoms with van der Waals surface area (Å²) in [6.07, 6.45) is 3.57. The van der Waals surface area contributed by atoms with Crippen molar-refractivity contribution in [2.75, 3.05) is 7.11 Å². The van der Waals surface area contributed by atoms with Gasteiger partial charge in [0.05, 0.1) is 0 Å². The van der Waals surface area contributed by atoms with E-state index in [1.54, 1.807) is 14.0 Å². The van der Waals surface area contributed by atoms with Gasteiger partial charge in [-0.3, -0.25) is 4.79 Å². The molecule has 1 aliphatic rings. The van der Waals surface area contributed by atoms with Crippen molar-refractivity contribution in [3.63, 3.8) is 0 Å². The van der Waals surface area contributed by atoms with Crippen LogP contribution in [0.4, 0.5) is 0 Å². The summed E-state index contributed by atoms with van der Waals surface area (Å²) in [5.41, 5.74) is 2.12. The summed E-state index contributed by atoms with van der Waals surface area (Å²) < 4.78 is 5.03. The number of ether oxygens (including phenoxy) is 1. The van der Waals surface area contributed by atoms with Crippen LogP contribution in [-0.2, 0) is 4.74 Å². The predicted molar refractivity (Wildman–Crippen MR) is 63.8 cm³/mol. The maximum atomic E-state index is 11.8. The average Bonchev–Trinajstić information content (AvgIpc) is 2.26. The number of ketones is 1. The van der Waals surface area contributed by atoms with E-state index in [0.29, 0.717) is 0 Å². The Hall–Kier alpha value is -1.15. The van der Waals surface area contributed by atoms with Gasteiger partial charge in [0.25, 0.3) is 0 Å². The van der Waals surface area contributed by atoms with Crippen LogP contribution in [0.5, 0.6) is 0 Å². The van der Waals surface area contributed by atoms with Crippen molar-refractivity contribution < 1.29 is 9.53 Å². The summed E-state index contributed by atoms with van der Waals surface area (Å²) >= 11 is 0. The zero-order valence-corrected chi connectivity index (χ0v) is 9.90. The quantitative estimate of drug-likeness (QED) is 0.725. The summed E-state index contributed by atoms with van der Waals surface area (Å²) in [7, 11) is 1.56. The van der Waals surface area contributed by atoms with Gasteiger partial charge in [-0.05, 0) is 31.2 Å². The number of hydrogen-bond donors (Lipinski definition) is 0. The Kier molecular flexibility index (Phi) is 3.39. The Balaban J connectivity index is 2.09. The van der Waals surface area contributed by atoms with E-state index < -0.39 is 0 Å². The first-order chi connectivity index (χ1) is 7.72. The summed E-state index contributed by atoms with van der Waals surface area (Å²) in [6.45, 7) is 1.78. The van der Waals surface area contributed by atoms with Gasteiger partial charge in [-0.25, -0.2) is 0 Å². The lowest BCUT2D eigenvalue weighted by atomic mass is 9.80. The first-order valence-electron chi connectivity index (χ1n) is 5.89. The van der Waals surface area contributed by atoms with Crippen LogP contribution in [0.3, 0.4) is 0 Å². The van der Waals surface area contributed by atoms with E-state index in [-0.39, 0.29) is 11.9 Å². The molecule has 0 spiro atoms. The van der Waals surface area contributed by atoms with Crippen LogP contribution in [-0.4, -0.2) is 19.0 Å². The van der Waals surface area contributed by atoms with Gasteiger partial charge in [0.1, 0.15) is 6.10 Å². The van der Waals surface area contributed by atoms with Gasteiger partial charge in [0.2, 0.25) is 0 Å². The molecule has 0 aliphatic heterocycles. The normalized spacial score (nSPS) is 17.9. The van der Waals surface area contributed by atoms with Gasteiger partial charge < -0.3 is 4.74 Å². The topological polar surface area (TPSA) is 26.3 Å². The van der Waals surface area contributed by atoms with Crippen molar-refractivity contribution in [2.45, 2.75) is 38.2 Å². The van der Waals surface area contributed by atoms with E-state index >= 15 is 0 Å². The maximum Gasteiger partial charge on any atom is 0.191 e. The van der Waals surface area contributed by atoms with Crippen molar-refractivity contribution >= 4 is 5.78 Å². The number of carbonyl (C=O) groups is 1. The summed E-state index contributed by atoms with van der Waals surface area (Å²) in [5.74, 6) is 0.784. The SMILES string of the molecule is COC(C)C(=O)c1ccc(C2CCC2)cc1. The molecular formula is C14H18O2. The van der Waals surface area contributed by atoms with Crippen LogP contribution >= 0.6 is 0 Å². The van der Waals surface area contributed by atoms with Gasteiger partial charge in [-0.2, -0.15) is 0 Å². The van der Waals surface area contributed by atoms with Gasteiger partial charge in [0.15, 0.2) is 5.78 Å². The Morgan fingerprint density at radius 1 is 1.31 bits per heavy atom. The van der Waals surface area contributed by atoms with Gasteiger partial charge >= 0.3 is 0 Å². The molecule has 0 radical (unpaired) electrons. The number of carbonyl (C=O) groups excluding carboxylic acids is 1. The minimum Gasteiger partial charge on any atom is -0.374 e. The molecule has 0 bridgehead atoms. The summed E-state index contributed by atoms with van der Waals surface area (Å²) in [4.78, 5) is 11.8. The van der Waals surface area contributed by atoms with Crippen LogP contribution in [0.2, 0.25) is 0 Å². The van der Waals surface area contributed by atoms with Crippen molar-refractivity contribution in [2.24, 2.45) is 0 Å². The van der Waals surface area contributed by atoms with Crippen LogP contribution in [0, 0.1) is 0 Å². The van der Waals surface area contributed by atoms with E-state index in [4.69, 9.17) is 4.74 Å². The number of methoxy groups -OCH3 is 1. The molecule has 86 valence electrons. The predicted octanol–water partition coefficient (Wildman–Crippen LogP) is 3.17. The zero-order chi connectivity index (χ0) is 11.5. The Morgan fingerprint density at radius 2 is 1.94 bits per heavy atom. The van der Waals surface area contributed by atoms with E-state index in [2.05, 4.69) is 12.1 Å². The molecular weight excluding hydrogens is 200 g/mol. The molecule has 0 N–H and O–H groups in total.